The zero-order chi connectivity index (χ0) is 15.7. The van der Waals surface area contributed by atoms with Gasteiger partial charge >= 0.3 is 0 Å². The third-order valence-electron chi connectivity index (χ3n) is 3.03. The van der Waals surface area contributed by atoms with Crippen LogP contribution in [0.3, 0.4) is 0 Å². The number of aromatic nitrogens is 4. The van der Waals surface area contributed by atoms with E-state index in [9.17, 15) is 4.79 Å². The highest BCUT2D eigenvalue weighted by Gasteiger charge is 2.16. The number of hydrogen-bond acceptors (Lipinski definition) is 4. The first-order valence-electron chi connectivity index (χ1n) is 6.63. The van der Waals surface area contributed by atoms with Gasteiger partial charge in [-0.05, 0) is 13.0 Å². The molecule has 0 saturated heterocycles. The number of carbonyl (C=O) groups excluding carboxylic acids is 1. The monoisotopic (exact) mass is 307 g/mol. The number of nitrogens with zero attached hydrogens (tertiary/aromatic N) is 5. The van der Waals surface area contributed by atoms with Crippen LogP contribution in [0.2, 0.25) is 5.15 Å². The predicted molar refractivity (Wildman–Crippen MR) is 81.0 cm³/mol. The van der Waals surface area contributed by atoms with Gasteiger partial charge < -0.3 is 4.90 Å². The number of amides is 1. The minimum Gasteiger partial charge on any atom is -0.343 e. The number of carbonyl (C=O) groups is 1. The summed E-state index contributed by atoms with van der Waals surface area (Å²) < 4.78 is 1.56. The lowest BCUT2D eigenvalue weighted by Gasteiger charge is -2.11. The van der Waals surface area contributed by atoms with Gasteiger partial charge in [-0.3, -0.25) is 4.79 Å². The van der Waals surface area contributed by atoms with Crippen LogP contribution in [0.25, 0.3) is 5.82 Å². The van der Waals surface area contributed by atoms with Crippen LogP contribution in [0, 0.1) is 6.92 Å². The molecule has 6 nitrogen and oxygen atoms in total. The van der Waals surface area contributed by atoms with Crippen molar-refractivity contribution in [2.45, 2.75) is 26.7 Å². The van der Waals surface area contributed by atoms with Crippen LogP contribution in [0.15, 0.2) is 12.3 Å². The first-order chi connectivity index (χ1) is 9.81. The Kier molecular flexibility index (Phi) is 4.27. The van der Waals surface area contributed by atoms with Crippen LogP contribution in [0.5, 0.6) is 0 Å². The second-order valence-corrected chi connectivity index (χ2v) is 5.68. The van der Waals surface area contributed by atoms with Gasteiger partial charge in [0.05, 0.1) is 0 Å². The number of rotatable bonds is 3. The summed E-state index contributed by atoms with van der Waals surface area (Å²) in [5, 5.41) is 4.68. The van der Waals surface area contributed by atoms with Crippen molar-refractivity contribution in [1.29, 1.82) is 0 Å². The molecule has 0 bridgehead atoms. The normalized spacial score (nSPS) is 11.0. The van der Waals surface area contributed by atoms with Gasteiger partial charge in [0.2, 0.25) is 0 Å². The molecule has 0 unspecified atom stereocenters. The quantitative estimate of drug-likeness (QED) is 0.817. The summed E-state index contributed by atoms with van der Waals surface area (Å²) in [6.07, 6.45) is 1.70. The van der Waals surface area contributed by atoms with Crippen molar-refractivity contribution in [3.63, 3.8) is 0 Å². The molecule has 0 aliphatic rings. The molecule has 1 amide bonds. The molecule has 0 N–H and O–H groups in total. The molecule has 0 spiro atoms. The summed E-state index contributed by atoms with van der Waals surface area (Å²) in [4.78, 5) is 22.2. The zero-order valence-corrected chi connectivity index (χ0v) is 13.5. The Labute approximate surface area is 128 Å². The third-order valence-corrected chi connectivity index (χ3v) is 3.39. The van der Waals surface area contributed by atoms with Crippen molar-refractivity contribution in [1.82, 2.24) is 24.6 Å². The Balaban J connectivity index is 2.49. The number of halogens is 1. The maximum atomic E-state index is 11.9. The third kappa shape index (κ3) is 3.05. The van der Waals surface area contributed by atoms with E-state index in [1.807, 2.05) is 20.8 Å². The van der Waals surface area contributed by atoms with Crippen LogP contribution >= 0.6 is 11.6 Å². The van der Waals surface area contributed by atoms with Gasteiger partial charge in [-0.15, -0.1) is 0 Å². The van der Waals surface area contributed by atoms with Crippen molar-refractivity contribution < 1.29 is 4.79 Å². The average molecular weight is 308 g/mol. The average Bonchev–Trinajstić information content (AvgIpc) is 2.89. The van der Waals surface area contributed by atoms with Gasteiger partial charge in [-0.25, -0.2) is 14.6 Å². The molecule has 2 rings (SSSR count). The van der Waals surface area contributed by atoms with Gasteiger partial charge in [-0.1, -0.05) is 25.4 Å². The van der Waals surface area contributed by atoms with E-state index in [0.29, 0.717) is 22.5 Å². The Hall–Kier alpha value is -1.95. The van der Waals surface area contributed by atoms with Crippen molar-refractivity contribution in [2.24, 2.45) is 0 Å². The summed E-state index contributed by atoms with van der Waals surface area (Å²) in [5.41, 5.74) is 1.09. The first kappa shape index (κ1) is 15.4. The largest absolute Gasteiger partial charge is 0.343 e. The lowest BCUT2D eigenvalue weighted by atomic mass is 10.2. The standard InChI is InChI=1S/C14H18ClN5O/c1-8(2)12-16-11(15)9(3)13(17-12)20-7-6-10(18-20)14(21)19(4)5/h6-8H,1-5H3. The van der Waals surface area contributed by atoms with E-state index < -0.39 is 0 Å². The molecular formula is C14H18ClN5O. The lowest BCUT2D eigenvalue weighted by Crippen LogP contribution is -2.22. The molecule has 0 aliphatic heterocycles. The van der Waals surface area contributed by atoms with Crippen molar-refractivity contribution in [2.75, 3.05) is 14.1 Å². The van der Waals surface area contributed by atoms with E-state index >= 15 is 0 Å². The second-order valence-electron chi connectivity index (χ2n) is 5.32. The highest BCUT2D eigenvalue weighted by Crippen LogP contribution is 2.22. The van der Waals surface area contributed by atoms with E-state index in [1.165, 1.54) is 4.90 Å². The smallest absolute Gasteiger partial charge is 0.273 e. The molecule has 0 aliphatic carbocycles. The number of hydrogen-bond donors (Lipinski definition) is 0. The van der Waals surface area contributed by atoms with E-state index in [1.54, 1.807) is 31.0 Å². The Morgan fingerprint density at radius 3 is 2.57 bits per heavy atom. The summed E-state index contributed by atoms with van der Waals surface area (Å²) in [5.74, 6) is 1.24. The van der Waals surface area contributed by atoms with Crippen molar-refractivity contribution in [3.05, 3.63) is 34.5 Å². The summed E-state index contributed by atoms with van der Waals surface area (Å²) in [6.45, 7) is 5.82. The van der Waals surface area contributed by atoms with Gasteiger partial charge in [-0.2, -0.15) is 5.10 Å². The molecule has 0 saturated carbocycles. The Morgan fingerprint density at radius 1 is 1.33 bits per heavy atom. The molecule has 21 heavy (non-hydrogen) atoms. The lowest BCUT2D eigenvalue weighted by molar-refractivity contribution is 0.0821. The van der Waals surface area contributed by atoms with Crippen LogP contribution < -0.4 is 0 Å². The van der Waals surface area contributed by atoms with E-state index in [0.717, 1.165) is 5.56 Å². The van der Waals surface area contributed by atoms with E-state index in [4.69, 9.17) is 11.6 Å². The Bertz CT molecular complexity index is 678. The van der Waals surface area contributed by atoms with Gasteiger partial charge in [0.1, 0.15) is 11.0 Å². The molecule has 2 aromatic rings. The molecule has 0 radical (unpaired) electrons. The molecular weight excluding hydrogens is 290 g/mol. The molecule has 2 aromatic heterocycles. The topological polar surface area (TPSA) is 63.9 Å². The maximum absolute atomic E-state index is 11.9. The highest BCUT2D eigenvalue weighted by molar-refractivity contribution is 6.30. The second kappa shape index (κ2) is 5.81. The van der Waals surface area contributed by atoms with Crippen molar-refractivity contribution in [3.8, 4) is 5.82 Å². The van der Waals surface area contributed by atoms with Crippen LogP contribution in [-0.4, -0.2) is 44.7 Å². The molecule has 0 aromatic carbocycles. The first-order valence-corrected chi connectivity index (χ1v) is 7.00. The summed E-state index contributed by atoms with van der Waals surface area (Å²) in [6, 6.07) is 1.66. The van der Waals surface area contributed by atoms with Crippen molar-refractivity contribution >= 4 is 17.5 Å². The van der Waals surface area contributed by atoms with Gasteiger partial charge in [0.25, 0.3) is 5.91 Å². The van der Waals surface area contributed by atoms with Crippen LogP contribution in [-0.2, 0) is 0 Å². The van der Waals surface area contributed by atoms with Crippen LogP contribution in [0.4, 0.5) is 0 Å². The predicted octanol–water partition coefficient (Wildman–Crippen LogP) is 2.45. The fourth-order valence-electron chi connectivity index (χ4n) is 1.76. The fraction of sp³-hybridized carbons (Fsp3) is 0.429. The molecule has 2 heterocycles. The van der Waals surface area contributed by atoms with Gasteiger partial charge in [0, 0.05) is 31.8 Å². The van der Waals surface area contributed by atoms with E-state index in [2.05, 4.69) is 15.1 Å². The molecule has 112 valence electrons. The highest BCUT2D eigenvalue weighted by atomic mass is 35.5. The summed E-state index contributed by atoms with van der Waals surface area (Å²) in [7, 11) is 3.37. The minimum absolute atomic E-state index is 0.153. The van der Waals surface area contributed by atoms with Gasteiger partial charge in [0.15, 0.2) is 11.5 Å². The minimum atomic E-state index is -0.157. The maximum Gasteiger partial charge on any atom is 0.273 e. The van der Waals surface area contributed by atoms with Crippen LogP contribution in [0.1, 0.15) is 41.6 Å². The molecule has 7 heteroatoms. The van der Waals surface area contributed by atoms with E-state index in [-0.39, 0.29) is 11.8 Å². The zero-order valence-electron chi connectivity index (χ0n) is 12.8. The fourth-order valence-corrected chi connectivity index (χ4v) is 1.93. The summed E-state index contributed by atoms with van der Waals surface area (Å²) >= 11 is 6.17. The Morgan fingerprint density at radius 2 is 2.00 bits per heavy atom. The molecule has 0 atom stereocenters. The molecule has 0 fully saturated rings. The SMILES string of the molecule is Cc1c(Cl)nc(C(C)C)nc1-n1ccc(C(=O)N(C)C)n1.